The van der Waals surface area contributed by atoms with E-state index >= 15 is 0 Å². The molecule has 0 saturated heterocycles. The molecule has 1 heterocycles. The van der Waals surface area contributed by atoms with Crippen molar-refractivity contribution in [3.8, 4) is 0 Å². The number of aromatic nitrogens is 1. The highest BCUT2D eigenvalue weighted by atomic mass is 16.5. The van der Waals surface area contributed by atoms with Gasteiger partial charge in [0.2, 0.25) is 0 Å². The first-order valence-corrected chi connectivity index (χ1v) is 6.87. The summed E-state index contributed by atoms with van der Waals surface area (Å²) in [6.07, 6.45) is 5.39. The molecule has 1 amide bonds. The Kier molecular flexibility index (Phi) is 2.88. The van der Waals surface area contributed by atoms with Crippen LogP contribution in [0, 0.1) is 24.7 Å². The summed E-state index contributed by atoms with van der Waals surface area (Å²) in [5, 5.41) is 6.83. The molecule has 3 rings (SSSR count). The Bertz CT molecular complexity index is 454. The van der Waals surface area contributed by atoms with Crippen LogP contribution in [-0.4, -0.2) is 17.1 Å². The highest BCUT2D eigenvalue weighted by Crippen LogP contribution is 2.49. The Morgan fingerprint density at radius 3 is 2.89 bits per heavy atom. The van der Waals surface area contributed by atoms with Crippen LogP contribution in [0.5, 0.6) is 0 Å². The van der Waals surface area contributed by atoms with Crippen molar-refractivity contribution in [2.45, 2.75) is 45.6 Å². The van der Waals surface area contributed by atoms with E-state index in [4.69, 9.17) is 4.52 Å². The number of rotatable bonds is 3. The van der Waals surface area contributed by atoms with Gasteiger partial charge in [0, 0.05) is 12.1 Å². The van der Waals surface area contributed by atoms with Crippen LogP contribution in [0.2, 0.25) is 0 Å². The van der Waals surface area contributed by atoms with Crippen LogP contribution in [0.3, 0.4) is 0 Å². The molecule has 4 atom stereocenters. The van der Waals surface area contributed by atoms with Crippen molar-refractivity contribution in [1.82, 2.24) is 10.5 Å². The monoisotopic (exact) mass is 248 g/mol. The van der Waals surface area contributed by atoms with Gasteiger partial charge in [-0.2, -0.15) is 0 Å². The van der Waals surface area contributed by atoms with Crippen LogP contribution >= 0.6 is 0 Å². The predicted octanol–water partition coefficient (Wildman–Crippen LogP) is 2.54. The zero-order valence-electron chi connectivity index (χ0n) is 11.0. The first kappa shape index (κ1) is 11.8. The third-order valence-corrected chi connectivity index (χ3v) is 4.65. The van der Waals surface area contributed by atoms with Crippen molar-refractivity contribution >= 4 is 5.91 Å². The Morgan fingerprint density at radius 2 is 2.33 bits per heavy atom. The van der Waals surface area contributed by atoms with Crippen molar-refractivity contribution in [3.63, 3.8) is 0 Å². The molecule has 0 spiro atoms. The summed E-state index contributed by atoms with van der Waals surface area (Å²) >= 11 is 0. The SMILES string of the molecule is Cc1cc(C(=O)N[C@@H](C)[C@@H]2C[C@@H]3CC[C@@H]2C3)no1. The average Bonchev–Trinajstić information content (AvgIpc) is 3.03. The van der Waals surface area contributed by atoms with Crippen molar-refractivity contribution in [1.29, 1.82) is 0 Å². The number of aryl methyl sites for hydroxylation is 1. The normalized spacial score (nSPS) is 31.6. The molecule has 2 aliphatic rings. The smallest absolute Gasteiger partial charge is 0.273 e. The second-order valence-electron chi connectivity index (χ2n) is 5.92. The minimum atomic E-state index is -0.109. The molecule has 18 heavy (non-hydrogen) atoms. The van der Waals surface area contributed by atoms with E-state index < -0.39 is 0 Å². The summed E-state index contributed by atoms with van der Waals surface area (Å²) in [5.74, 6) is 2.95. The van der Waals surface area contributed by atoms with Gasteiger partial charge in [-0.1, -0.05) is 11.6 Å². The third kappa shape index (κ3) is 2.04. The van der Waals surface area contributed by atoms with E-state index in [0.29, 0.717) is 17.4 Å². The van der Waals surface area contributed by atoms with Gasteiger partial charge in [0.25, 0.3) is 5.91 Å². The highest BCUT2D eigenvalue weighted by Gasteiger charge is 2.42. The van der Waals surface area contributed by atoms with E-state index in [2.05, 4.69) is 17.4 Å². The third-order valence-electron chi connectivity index (χ3n) is 4.65. The van der Waals surface area contributed by atoms with Gasteiger partial charge in [-0.25, -0.2) is 0 Å². The molecular weight excluding hydrogens is 228 g/mol. The molecule has 0 unspecified atom stereocenters. The van der Waals surface area contributed by atoms with Crippen molar-refractivity contribution in [3.05, 3.63) is 17.5 Å². The summed E-state index contributed by atoms with van der Waals surface area (Å²) in [6, 6.07) is 1.92. The van der Waals surface area contributed by atoms with Crippen molar-refractivity contribution in [2.75, 3.05) is 0 Å². The van der Waals surface area contributed by atoms with Gasteiger partial charge in [0.05, 0.1) is 0 Å². The fraction of sp³-hybridized carbons (Fsp3) is 0.714. The second kappa shape index (κ2) is 4.41. The first-order chi connectivity index (χ1) is 8.63. The molecule has 2 bridgehead atoms. The van der Waals surface area contributed by atoms with E-state index in [1.54, 1.807) is 13.0 Å². The molecule has 0 aliphatic heterocycles. The molecular formula is C14H20N2O2. The molecule has 2 aliphatic carbocycles. The Balaban J connectivity index is 1.61. The minimum Gasteiger partial charge on any atom is -0.361 e. The topological polar surface area (TPSA) is 55.1 Å². The number of carbonyl (C=O) groups is 1. The quantitative estimate of drug-likeness (QED) is 0.894. The summed E-state index contributed by atoms with van der Waals surface area (Å²) in [5.41, 5.74) is 0.391. The van der Waals surface area contributed by atoms with Gasteiger partial charge < -0.3 is 9.84 Å². The number of hydrogen-bond donors (Lipinski definition) is 1. The predicted molar refractivity (Wildman–Crippen MR) is 67.1 cm³/mol. The van der Waals surface area contributed by atoms with Gasteiger partial charge in [-0.15, -0.1) is 0 Å². The van der Waals surface area contributed by atoms with Gasteiger partial charge in [0.15, 0.2) is 5.69 Å². The maximum Gasteiger partial charge on any atom is 0.273 e. The van der Waals surface area contributed by atoms with Crippen LogP contribution in [0.1, 0.15) is 48.9 Å². The zero-order valence-corrected chi connectivity index (χ0v) is 11.0. The van der Waals surface area contributed by atoms with E-state index in [0.717, 1.165) is 11.8 Å². The van der Waals surface area contributed by atoms with Crippen LogP contribution in [-0.2, 0) is 0 Å². The summed E-state index contributed by atoms with van der Waals surface area (Å²) in [7, 11) is 0. The molecule has 98 valence electrons. The second-order valence-corrected chi connectivity index (χ2v) is 5.92. The fourth-order valence-electron chi connectivity index (χ4n) is 3.77. The highest BCUT2D eigenvalue weighted by molar-refractivity contribution is 5.92. The van der Waals surface area contributed by atoms with Gasteiger partial charge in [-0.3, -0.25) is 4.79 Å². The minimum absolute atomic E-state index is 0.109. The number of nitrogens with zero attached hydrogens (tertiary/aromatic N) is 1. The Labute approximate surface area is 107 Å². The number of hydrogen-bond acceptors (Lipinski definition) is 3. The fourth-order valence-corrected chi connectivity index (χ4v) is 3.77. The maximum atomic E-state index is 12.0. The summed E-state index contributed by atoms with van der Waals surface area (Å²) in [4.78, 5) is 12.0. The van der Waals surface area contributed by atoms with E-state index in [-0.39, 0.29) is 11.9 Å². The summed E-state index contributed by atoms with van der Waals surface area (Å²) in [6.45, 7) is 3.92. The number of nitrogens with one attached hydrogen (secondary N) is 1. The average molecular weight is 248 g/mol. The molecule has 2 fully saturated rings. The lowest BCUT2D eigenvalue weighted by Gasteiger charge is -2.28. The lowest BCUT2D eigenvalue weighted by Crippen LogP contribution is -2.40. The Morgan fingerprint density at radius 1 is 1.50 bits per heavy atom. The Hall–Kier alpha value is -1.32. The largest absolute Gasteiger partial charge is 0.361 e. The maximum absolute atomic E-state index is 12.0. The van der Waals surface area contributed by atoms with E-state index in [1.165, 1.54) is 25.7 Å². The lowest BCUT2D eigenvalue weighted by molar-refractivity contribution is 0.0906. The molecule has 0 aromatic carbocycles. The first-order valence-electron chi connectivity index (χ1n) is 6.87. The number of fused-ring (bicyclic) bond motifs is 2. The van der Waals surface area contributed by atoms with Crippen LogP contribution < -0.4 is 5.32 Å². The molecule has 1 N–H and O–H groups in total. The van der Waals surface area contributed by atoms with Gasteiger partial charge in [-0.05, 0) is 50.9 Å². The van der Waals surface area contributed by atoms with Gasteiger partial charge in [0.1, 0.15) is 5.76 Å². The zero-order chi connectivity index (χ0) is 12.7. The van der Waals surface area contributed by atoms with Crippen molar-refractivity contribution < 1.29 is 9.32 Å². The molecule has 4 nitrogen and oxygen atoms in total. The van der Waals surface area contributed by atoms with Crippen LogP contribution in [0.25, 0.3) is 0 Å². The lowest BCUT2D eigenvalue weighted by atomic mass is 9.84. The molecule has 4 heteroatoms. The molecule has 0 radical (unpaired) electrons. The molecule has 1 aromatic heterocycles. The van der Waals surface area contributed by atoms with E-state index in [9.17, 15) is 4.79 Å². The van der Waals surface area contributed by atoms with Crippen molar-refractivity contribution in [2.24, 2.45) is 17.8 Å². The standard InChI is InChI=1S/C14H20N2O2/c1-8-5-13(16-18-8)14(17)15-9(2)12-7-10-3-4-11(12)6-10/h5,9-12H,3-4,6-7H2,1-2H3,(H,15,17)/t9-,10+,11+,12-/m0/s1. The molecule has 1 aromatic rings. The van der Waals surface area contributed by atoms with E-state index in [1.807, 2.05) is 0 Å². The summed E-state index contributed by atoms with van der Waals surface area (Å²) < 4.78 is 4.93. The number of carbonyl (C=O) groups excluding carboxylic acids is 1. The van der Waals surface area contributed by atoms with Crippen LogP contribution in [0.4, 0.5) is 0 Å². The number of amides is 1. The van der Waals surface area contributed by atoms with Crippen LogP contribution in [0.15, 0.2) is 10.6 Å². The van der Waals surface area contributed by atoms with Gasteiger partial charge >= 0.3 is 0 Å². The molecule has 2 saturated carbocycles.